The molecule has 0 aliphatic carbocycles. The van der Waals surface area contributed by atoms with E-state index in [2.05, 4.69) is 5.32 Å². The Labute approximate surface area is 83.9 Å². The minimum absolute atomic E-state index is 0.0154. The number of furan rings is 1. The molecule has 0 aromatic carbocycles. The second-order valence-electron chi connectivity index (χ2n) is 3.27. The molecule has 0 fully saturated rings. The average Bonchev–Trinajstić information content (AvgIpc) is 2.67. The summed E-state index contributed by atoms with van der Waals surface area (Å²) in [6.45, 7) is 2.62. The first-order valence-electron chi connectivity index (χ1n) is 4.67. The Morgan fingerprint density at radius 2 is 2.43 bits per heavy atom. The van der Waals surface area contributed by atoms with Gasteiger partial charge in [-0.1, -0.05) is 0 Å². The molecule has 0 saturated heterocycles. The highest BCUT2D eigenvalue weighted by Gasteiger charge is 2.15. The monoisotopic (exact) mass is 199 g/mol. The Kier molecular flexibility index (Phi) is 4.65. The molecule has 1 aromatic heterocycles. The van der Waals surface area contributed by atoms with Crippen LogP contribution in [-0.2, 0) is 4.74 Å². The van der Waals surface area contributed by atoms with Gasteiger partial charge in [0, 0.05) is 13.2 Å². The van der Waals surface area contributed by atoms with E-state index in [4.69, 9.17) is 14.3 Å². The maximum absolute atomic E-state index is 9.15. The Bertz CT molecular complexity index is 236. The van der Waals surface area contributed by atoms with E-state index in [1.807, 2.05) is 13.0 Å². The molecule has 0 saturated carbocycles. The lowest BCUT2D eigenvalue weighted by Gasteiger charge is -2.19. The highest BCUT2D eigenvalue weighted by atomic mass is 16.5. The number of ether oxygens (including phenoxy) is 1. The average molecular weight is 199 g/mol. The quantitative estimate of drug-likeness (QED) is 0.716. The zero-order valence-electron chi connectivity index (χ0n) is 8.56. The number of aliphatic hydroxyl groups is 1. The summed E-state index contributed by atoms with van der Waals surface area (Å²) in [5.74, 6) is 0.746. The van der Waals surface area contributed by atoms with Gasteiger partial charge in [-0.2, -0.15) is 0 Å². The fourth-order valence-electron chi connectivity index (χ4n) is 1.36. The predicted molar refractivity (Wildman–Crippen MR) is 53.0 cm³/mol. The number of methoxy groups -OCH3 is 1. The summed E-state index contributed by atoms with van der Waals surface area (Å²) in [5, 5.41) is 12.4. The highest BCUT2D eigenvalue weighted by molar-refractivity contribution is 5.04. The van der Waals surface area contributed by atoms with Crippen molar-refractivity contribution < 1.29 is 14.3 Å². The summed E-state index contributed by atoms with van der Waals surface area (Å²) in [5.41, 5.74) is 0. The Morgan fingerprint density at radius 3 is 2.93 bits per heavy atom. The molecule has 2 atom stereocenters. The van der Waals surface area contributed by atoms with E-state index in [9.17, 15) is 0 Å². The molecule has 0 spiro atoms. The first kappa shape index (κ1) is 11.2. The summed E-state index contributed by atoms with van der Waals surface area (Å²) in [6.07, 6.45) is 1.60. The number of rotatable bonds is 6. The Hall–Kier alpha value is -0.840. The highest BCUT2D eigenvalue weighted by Crippen LogP contribution is 2.13. The van der Waals surface area contributed by atoms with E-state index in [-0.39, 0.29) is 18.7 Å². The molecule has 0 bridgehead atoms. The number of hydrogen-bond donors (Lipinski definition) is 2. The van der Waals surface area contributed by atoms with Crippen LogP contribution in [0.1, 0.15) is 18.7 Å². The molecule has 1 rings (SSSR count). The van der Waals surface area contributed by atoms with E-state index >= 15 is 0 Å². The van der Waals surface area contributed by atoms with E-state index in [1.165, 1.54) is 0 Å². The fourth-order valence-corrected chi connectivity index (χ4v) is 1.36. The second kappa shape index (κ2) is 5.80. The van der Waals surface area contributed by atoms with Gasteiger partial charge in [-0.15, -0.1) is 0 Å². The molecule has 4 heteroatoms. The maximum Gasteiger partial charge on any atom is 0.123 e. The van der Waals surface area contributed by atoms with Crippen LogP contribution >= 0.6 is 0 Å². The summed E-state index contributed by atoms with van der Waals surface area (Å²) in [4.78, 5) is 0. The van der Waals surface area contributed by atoms with Crippen molar-refractivity contribution in [1.29, 1.82) is 0 Å². The molecular weight excluding hydrogens is 182 g/mol. The van der Waals surface area contributed by atoms with Gasteiger partial charge in [-0.05, 0) is 19.1 Å². The van der Waals surface area contributed by atoms with Crippen LogP contribution in [0.15, 0.2) is 22.8 Å². The van der Waals surface area contributed by atoms with Crippen LogP contribution in [0, 0.1) is 0 Å². The van der Waals surface area contributed by atoms with Crippen molar-refractivity contribution >= 4 is 0 Å². The van der Waals surface area contributed by atoms with Crippen molar-refractivity contribution in [3.63, 3.8) is 0 Å². The van der Waals surface area contributed by atoms with Crippen molar-refractivity contribution in [2.24, 2.45) is 0 Å². The molecular formula is C10H17NO3. The topological polar surface area (TPSA) is 54.6 Å². The summed E-state index contributed by atoms with van der Waals surface area (Å²) in [6, 6.07) is 3.67. The summed E-state index contributed by atoms with van der Waals surface area (Å²) >= 11 is 0. The van der Waals surface area contributed by atoms with Crippen molar-refractivity contribution in [2.75, 3.05) is 20.3 Å². The molecule has 0 aliphatic rings. The van der Waals surface area contributed by atoms with Crippen molar-refractivity contribution in [2.45, 2.75) is 19.0 Å². The van der Waals surface area contributed by atoms with E-state index in [0.29, 0.717) is 6.61 Å². The van der Waals surface area contributed by atoms with Crippen LogP contribution in [0.5, 0.6) is 0 Å². The molecule has 2 unspecified atom stereocenters. The molecule has 1 heterocycles. The van der Waals surface area contributed by atoms with Crippen molar-refractivity contribution in [3.05, 3.63) is 24.2 Å². The van der Waals surface area contributed by atoms with Gasteiger partial charge in [-0.25, -0.2) is 0 Å². The van der Waals surface area contributed by atoms with Crippen LogP contribution in [0.25, 0.3) is 0 Å². The number of nitrogens with one attached hydrogen (secondary N) is 1. The molecule has 2 N–H and O–H groups in total. The van der Waals surface area contributed by atoms with Gasteiger partial charge in [0.05, 0.1) is 25.5 Å². The smallest absolute Gasteiger partial charge is 0.123 e. The molecule has 0 radical (unpaired) electrons. The summed E-state index contributed by atoms with van der Waals surface area (Å²) < 4.78 is 10.2. The van der Waals surface area contributed by atoms with Gasteiger partial charge in [0.1, 0.15) is 5.76 Å². The zero-order chi connectivity index (χ0) is 10.4. The van der Waals surface area contributed by atoms with E-state index < -0.39 is 0 Å². The second-order valence-corrected chi connectivity index (χ2v) is 3.27. The van der Waals surface area contributed by atoms with Gasteiger partial charge in [-0.3, -0.25) is 0 Å². The minimum atomic E-state index is -0.157. The SMILES string of the molecule is COCC(C)NC(CO)c1ccco1. The van der Waals surface area contributed by atoms with Crippen LogP contribution in [0.3, 0.4) is 0 Å². The van der Waals surface area contributed by atoms with E-state index in [0.717, 1.165) is 5.76 Å². The van der Waals surface area contributed by atoms with Crippen molar-refractivity contribution in [3.8, 4) is 0 Å². The molecule has 0 amide bonds. The lowest BCUT2D eigenvalue weighted by atomic mass is 10.2. The minimum Gasteiger partial charge on any atom is -0.468 e. The molecule has 0 aliphatic heterocycles. The van der Waals surface area contributed by atoms with Gasteiger partial charge < -0.3 is 19.6 Å². The number of hydrogen-bond acceptors (Lipinski definition) is 4. The molecule has 80 valence electrons. The third-order valence-corrected chi connectivity index (χ3v) is 1.97. The third kappa shape index (κ3) is 3.14. The Balaban J connectivity index is 2.47. The normalized spacial score (nSPS) is 15.4. The zero-order valence-corrected chi connectivity index (χ0v) is 8.56. The van der Waals surface area contributed by atoms with Crippen LogP contribution in [-0.4, -0.2) is 31.5 Å². The first-order chi connectivity index (χ1) is 6.77. The molecule has 1 aromatic rings. The lowest BCUT2D eigenvalue weighted by molar-refractivity contribution is 0.149. The predicted octanol–water partition coefficient (Wildman–Crippen LogP) is 0.937. The molecule has 4 nitrogen and oxygen atoms in total. The number of aliphatic hydroxyl groups excluding tert-OH is 1. The first-order valence-corrected chi connectivity index (χ1v) is 4.67. The molecule has 14 heavy (non-hydrogen) atoms. The lowest BCUT2D eigenvalue weighted by Crippen LogP contribution is -2.35. The van der Waals surface area contributed by atoms with Crippen molar-refractivity contribution in [1.82, 2.24) is 5.32 Å². The fraction of sp³-hybridized carbons (Fsp3) is 0.600. The van der Waals surface area contributed by atoms with Gasteiger partial charge >= 0.3 is 0 Å². The largest absolute Gasteiger partial charge is 0.468 e. The van der Waals surface area contributed by atoms with E-state index in [1.54, 1.807) is 19.4 Å². The van der Waals surface area contributed by atoms with Gasteiger partial charge in [0.2, 0.25) is 0 Å². The third-order valence-electron chi connectivity index (χ3n) is 1.97. The summed E-state index contributed by atoms with van der Waals surface area (Å²) in [7, 11) is 1.65. The van der Waals surface area contributed by atoms with Gasteiger partial charge in [0.15, 0.2) is 0 Å². The Morgan fingerprint density at radius 1 is 1.64 bits per heavy atom. The maximum atomic E-state index is 9.15. The standard InChI is InChI=1S/C10H17NO3/c1-8(7-13-2)11-9(6-12)10-4-3-5-14-10/h3-5,8-9,11-12H,6-7H2,1-2H3. The van der Waals surface area contributed by atoms with Crippen LogP contribution in [0.4, 0.5) is 0 Å². The van der Waals surface area contributed by atoms with Gasteiger partial charge in [0.25, 0.3) is 0 Å². The van der Waals surface area contributed by atoms with Crippen LogP contribution < -0.4 is 5.32 Å². The van der Waals surface area contributed by atoms with Crippen LogP contribution in [0.2, 0.25) is 0 Å².